The second kappa shape index (κ2) is 23.1. The van der Waals surface area contributed by atoms with Gasteiger partial charge < -0.3 is 63.7 Å². The van der Waals surface area contributed by atoms with Crippen molar-refractivity contribution in [3.63, 3.8) is 0 Å². The second-order valence-electron chi connectivity index (χ2n) is 14.4. The summed E-state index contributed by atoms with van der Waals surface area (Å²) in [5, 5.41) is 26.9. The third-order valence-corrected chi connectivity index (χ3v) is 9.94. The number of carbonyl (C=O) groups excluding carboxylic acids is 9. The normalized spacial score (nSPS) is 15.9. The van der Waals surface area contributed by atoms with E-state index in [1.165, 1.54) is 11.8 Å². The lowest BCUT2D eigenvalue weighted by Crippen LogP contribution is -2.57. The van der Waals surface area contributed by atoms with E-state index in [1.54, 1.807) is 26.1 Å². The van der Waals surface area contributed by atoms with E-state index in [2.05, 4.69) is 42.2 Å². The molecule has 1 fully saturated rings. The van der Waals surface area contributed by atoms with Crippen molar-refractivity contribution in [1.82, 2.24) is 47.1 Å². The summed E-state index contributed by atoms with van der Waals surface area (Å²) >= 11 is 0. The molecule has 13 N–H and O–H groups in total. The molecule has 0 spiro atoms. The van der Waals surface area contributed by atoms with Gasteiger partial charge >= 0.3 is 5.97 Å². The van der Waals surface area contributed by atoms with E-state index in [-0.39, 0.29) is 25.8 Å². The van der Waals surface area contributed by atoms with Crippen LogP contribution in [0.15, 0.2) is 30.5 Å². The molecule has 1 aliphatic heterocycles. The van der Waals surface area contributed by atoms with E-state index in [1.807, 2.05) is 18.2 Å². The third kappa shape index (κ3) is 14.4. The smallest absolute Gasteiger partial charge is 0.322 e. The first kappa shape index (κ1) is 47.8. The van der Waals surface area contributed by atoms with E-state index in [0.29, 0.717) is 31.4 Å². The molecule has 22 nitrogen and oxygen atoms in total. The molecule has 0 aliphatic carbocycles. The van der Waals surface area contributed by atoms with Crippen molar-refractivity contribution in [1.29, 1.82) is 0 Å². The van der Waals surface area contributed by atoms with E-state index < -0.39 is 115 Å². The molecule has 1 aromatic heterocycles. The van der Waals surface area contributed by atoms with Gasteiger partial charge in [0.1, 0.15) is 36.8 Å². The number of carboxylic acid groups (broad SMARTS) is 1. The van der Waals surface area contributed by atoms with Gasteiger partial charge in [-0.05, 0) is 43.7 Å². The topological polar surface area (TPSA) is 346 Å². The lowest BCUT2D eigenvalue weighted by atomic mass is 9.98. The van der Waals surface area contributed by atoms with Crippen LogP contribution in [-0.2, 0) is 54.4 Å². The summed E-state index contributed by atoms with van der Waals surface area (Å²) in [6.45, 7) is 2.87. The van der Waals surface area contributed by atoms with Gasteiger partial charge in [-0.2, -0.15) is 0 Å². The van der Waals surface area contributed by atoms with Crippen LogP contribution < -0.4 is 48.7 Å². The molecule has 1 aromatic carbocycles. The van der Waals surface area contributed by atoms with Crippen molar-refractivity contribution in [3.8, 4) is 0 Å². The minimum absolute atomic E-state index is 0.00146. The number of rotatable bonds is 23. The molecular weight excluding hydrogens is 786 g/mol. The molecule has 0 bridgehead atoms. The predicted molar refractivity (Wildman–Crippen MR) is 214 cm³/mol. The van der Waals surface area contributed by atoms with Gasteiger partial charge in [0.15, 0.2) is 0 Å². The summed E-state index contributed by atoms with van der Waals surface area (Å²) in [4.78, 5) is 130. The Morgan fingerprint density at radius 1 is 0.833 bits per heavy atom. The molecule has 1 saturated heterocycles. The number of aromatic nitrogens is 1. The molecule has 2 heterocycles. The molecule has 1 aliphatic rings. The van der Waals surface area contributed by atoms with Crippen LogP contribution in [0.3, 0.4) is 0 Å². The number of nitrogens with zero attached hydrogens (tertiary/aromatic N) is 1. The number of para-hydroxylation sites is 1. The third-order valence-electron chi connectivity index (χ3n) is 9.94. The molecule has 3 rings (SSSR count). The van der Waals surface area contributed by atoms with Gasteiger partial charge in [-0.3, -0.25) is 47.9 Å². The Kier molecular flexibility index (Phi) is 18.4. The highest BCUT2D eigenvalue weighted by Gasteiger charge is 2.36. The highest BCUT2D eigenvalue weighted by atomic mass is 16.4. The number of nitrogens with two attached hydrogens (primary N) is 2. The van der Waals surface area contributed by atoms with Crippen LogP contribution in [0.2, 0.25) is 0 Å². The first-order valence-electron chi connectivity index (χ1n) is 19.5. The fraction of sp³-hybridized carbons (Fsp3) is 0.526. The molecule has 2 aromatic rings. The number of benzene rings is 1. The summed E-state index contributed by atoms with van der Waals surface area (Å²) in [6, 6.07) is 1.51. The quantitative estimate of drug-likeness (QED) is 0.0517. The van der Waals surface area contributed by atoms with E-state index in [9.17, 15) is 47.9 Å². The largest absolute Gasteiger partial charge is 0.480 e. The van der Waals surface area contributed by atoms with Crippen LogP contribution in [0, 0.1) is 5.92 Å². The summed E-state index contributed by atoms with van der Waals surface area (Å²) < 4.78 is 0. The maximum absolute atomic E-state index is 13.4. The molecule has 0 radical (unpaired) electrons. The van der Waals surface area contributed by atoms with Crippen LogP contribution in [-0.4, -0.2) is 137 Å². The number of hydrogen-bond acceptors (Lipinski definition) is 11. The van der Waals surface area contributed by atoms with Crippen LogP contribution in [0.5, 0.6) is 0 Å². The van der Waals surface area contributed by atoms with Crippen LogP contribution in [0.4, 0.5) is 0 Å². The molecule has 328 valence electrons. The number of nitrogens with one attached hydrogen (secondary N) is 8. The van der Waals surface area contributed by atoms with Crippen molar-refractivity contribution in [2.75, 3.05) is 32.7 Å². The molecular formula is C38H55N11O11. The van der Waals surface area contributed by atoms with Gasteiger partial charge in [0.25, 0.3) is 0 Å². The number of fused-ring (bicyclic) bond motifs is 1. The summed E-state index contributed by atoms with van der Waals surface area (Å²) in [7, 11) is 0. The SMILES string of the molecule is CC[C@H](C)[C@H](NC(=O)CNC(=O)[C@H](CCC(N)=O)NC(=O)[C@@H]1CCCN1C(=O)CN)C(=O)N[C@@H](C)C(=O)NCC(=O)N[C@@H](Cc1c[nH]c2ccccc12)C(=O)NCC(=O)O. The lowest BCUT2D eigenvalue weighted by Gasteiger charge is -2.26. The number of aliphatic carboxylic acids is 1. The summed E-state index contributed by atoms with van der Waals surface area (Å²) in [6.07, 6.45) is 2.49. The first-order valence-corrected chi connectivity index (χ1v) is 19.5. The van der Waals surface area contributed by atoms with Gasteiger partial charge in [-0.15, -0.1) is 0 Å². The Morgan fingerprint density at radius 3 is 2.12 bits per heavy atom. The van der Waals surface area contributed by atoms with Crippen molar-refractivity contribution < 1.29 is 53.1 Å². The Balaban J connectivity index is 1.56. The molecule has 22 heteroatoms. The number of hydrogen-bond donors (Lipinski definition) is 11. The standard InChI is InChI=1S/C38H55N11O11/c1-4-20(2)33(48-30(52)18-43-35(57)25(11-12-28(40)50)47-37(59)27-10-7-13-49(27)31(53)15-39)38(60)45-21(3)34(56)42-17-29(51)46-26(36(58)44-19-32(54)55)14-22-16-41-24-9-6-5-8-23(22)24/h5-6,8-9,16,20-21,25-27,33,41H,4,7,10-15,17-19,39H2,1-3H3,(H2,40,50)(H,42,56)(H,43,57)(H,44,58)(H,45,60)(H,46,51)(H,47,59)(H,48,52)(H,54,55)/t20-,21-,25-,26-,27-,33-/m0/s1. The van der Waals surface area contributed by atoms with E-state index in [0.717, 1.165) is 10.9 Å². The van der Waals surface area contributed by atoms with Gasteiger partial charge in [-0.1, -0.05) is 38.5 Å². The zero-order chi connectivity index (χ0) is 44.5. The van der Waals surface area contributed by atoms with Crippen LogP contribution in [0.25, 0.3) is 10.9 Å². The van der Waals surface area contributed by atoms with Crippen molar-refractivity contribution in [3.05, 3.63) is 36.0 Å². The molecule has 60 heavy (non-hydrogen) atoms. The number of likely N-dealkylation sites (tertiary alicyclic amines) is 1. The van der Waals surface area contributed by atoms with Gasteiger partial charge in [-0.25, -0.2) is 0 Å². The van der Waals surface area contributed by atoms with Gasteiger partial charge in [0.2, 0.25) is 53.2 Å². The summed E-state index contributed by atoms with van der Waals surface area (Å²) in [5.74, 6) is -8.23. The molecule has 0 unspecified atom stereocenters. The average Bonchev–Trinajstić information content (AvgIpc) is 3.88. The Bertz CT molecular complexity index is 1920. The van der Waals surface area contributed by atoms with Gasteiger partial charge in [0, 0.05) is 36.5 Å². The molecule has 6 atom stereocenters. The van der Waals surface area contributed by atoms with Crippen LogP contribution in [0.1, 0.15) is 58.4 Å². The molecule has 9 amide bonds. The van der Waals surface area contributed by atoms with E-state index >= 15 is 0 Å². The predicted octanol–water partition coefficient (Wildman–Crippen LogP) is -3.64. The summed E-state index contributed by atoms with van der Waals surface area (Å²) in [5.41, 5.74) is 12.2. The monoisotopic (exact) mass is 841 g/mol. The molecule has 0 saturated carbocycles. The lowest BCUT2D eigenvalue weighted by molar-refractivity contribution is -0.139. The zero-order valence-electron chi connectivity index (χ0n) is 33.8. The fourth-order valence-electron chi connectivity index (χ4n) is 6.45. The van der Waals surface area contributed by atoms with Gasteiger partial charge in [0.05, 0.1) is 19.6 Å². The van der Waals surface area contributed by atoms with E-state index in [4.69, 9.17) is 16.6 Å². The Morgan fingerprint density at radius 2 is 1.47 bits per heavy atom. The second-order valence-corrected chi connectivity index (χ2v) is 14.4. The maximum atomic E-state index is 13.4. The van der Waals surface area contributed by atoms with Crippen LogP contribution >= 0.6 is 0 Å². The minimum Gasteiger partial charge on any atom is -0.480 e. The average molecular weight is 842 g/mol. The highest BCUT2D eigenvalue weighted by Crippen LogP contribution is 2.20. The number of primary amides is 1. The number of carboxylic acids is 1. The van der Waals surface area contributed by atoms with Crippen molar-refractivity contribution >= 4 is 70.0 Å². The number of H-pyrrole nitrogens is 1. The fourth-order valence-corrected chi connectivity index (χ4v) is 6.45. The number of aromatic amines is 1. The van der Waals surface area contributed by atoms with Crippen molar-refractivity contribution in [2.45, 2.75) is 89.5 Å². The Hall–Kier alpha value is -6.58. The number of amides is 9. The maximum Gasteiger partial charge on any atom is 0.322 e. The zero-order valence-corrected chi connectivity index (χ0v) is 33.8. The minimum atomic E-state index is -1.29. The van der Waals surface area contributed by atoms with Crippen molar-refractivity contribution in [2.24, 2.45) is 17.4 Å². The Labute approximate surface area is 345 Å². The number of carbonyl (C=O) groups is 10. The first-order chi connectivity index (χ1) is 28.4. The highest BCUT2D eigenvalue weighted by molar-refractivity contribution is 5.97.